The van der Waals surface area contributed by atoms with E-state index < -0.39 is 5.97 Å². The minimum atomic E-state index is -0.503. The van der Waals surface area contributed by atoms with E-state index in [4.69, 9.17) is 14.2 Å². The highest BCUT2D eigenvalue weighted by atomic mass is 16.5. The molecule has 1 aromatic carbocycles. The molecule has 2 aliphatic heterocycles. The number of esters is 1. The summed E-state index contributed by atoms with van der Waals surface area (Å²) in [5, 5.41) is 13.7. The Bertz CT molecular complexity index is 839. The molecule has 0 aromatic heterocycles. The van der Waals surface area contributed by atoms with Crippen LogP contribution < -0.4 is 10.1 Å². The normalized spacial score (nSPS) is 16.9. The van der Waals surface area contributed by atoms with E-state index in [-0.39, 0.29) is 23.8 Å². The molecule has 164 valence electrons. The number of aromatic hydroxyl groups is 1. The summed E-state index contributed by atoms with van der Waals surface area (Å²) in [6.07, 6.45) is 5.43. The first kappa shape index (κ1) is 22.2. The third kappa shape index (κ3) is 4.95. The molecule has 7 heteroatoms. The van der Waals surface area contributed by atoms with E-state index in [0.29, 0.717) is 48.6 Å². The van der Waals surface area contributed by atoms with Gasteiger partial charge in [0.05, 0.1) is 7.11 Å². The van der Waals surface area contributed by atoms with Crippen molar-refractivity contribution in [3.8, 4) is 11.5 Å². The molecule has 2 heterocycles. The van der Waals surface area contributed by atoms with Crippen LogP contribution in [0.1, 0.15) is 59.7 Å². The highest BCUT2D eigenvalue weighted by Crippen LogP contribution is 2.42. The molecule has 2 aliphatic rings. The summed E-state index contributed by atoms with van der Waals surface area (Å²) in [7, 11) is 1.55. The van der Waals surface area contributed by atoms with Gasteiger partial charge in [0.1, 0.15) is 23.7 Å². The Labute approximate surface area is 177 Å². The summed E-state index contributed by atoms with van der Waals surface area (Å²) in [5.74, 6) is 0.544. The molecule has 1 amide bonds. The molecule has 0 atom stereocenters. The molecule has 30 heavy (non-hydrogen) atoms. The highest BCUT2D eigenvalue weighted by Gasteiger charge is 2.31. The van der Waals surface area contributed by atoms with Crippen LogP contribution in [0.4, 0.5) is 0 Å². The van der Waals surface area contributed by atoms with Crippen molar-refractivity contribution in [1.82, 2.24) is 5.32 Å². The molecule has 1 aromatic rings. The van der Waals surface area contributed by atoms with Crippen molar-refractivity contribution >= 4 is 11.9 Å². The lowest BCUT2D eigenvalue weighted by atomic mass is 9.94. The number of methoxy groups -OCH3 is 1. The number of hydrogen-bond donors (Lipinski definition) is 2. The largest absolute Gasteiger partial charge is 0.507 e. The van der Waals surface area contributed by atoms with Crippen LogP contribution in [0.3, 0.4) is 0 Å². The number of amides is 1. The maximum absolute atomic E-state index is 12.1. The fourth-order valence-corrected chi connectivity index (χ4v) is 4.01. The van der Waals surface area contributed by atoms with Gasteiger partial charge in [-0.3, -0.25) is 4.79 Å². The van der Waals surface area contributed by atoms with Gasteiger partial charge in [-0.1, -0.05) is 11.6 Å². The average molecular weight is 418 g/mol. The smallest absolute Gasteiger partial charge is 0.342 e. The molecule has 1 fully saturated rings. The van der Waals surface area contributed by atoms with Crippen molar-refractivity contribution in [3.63, 3.8) is 0 Å². The second-order valence-electron chi connectivity index (χ2n) is 8.03. The first-order chi connectivity index (χ1) is 14.4. The standard InChI is InChI=1S/C23H31NO6/c1-14(5-7-19(25)24-12-16-8-10-29-11-9-16)4-6-17-21(26)20-18(13-30-23(20)27)15(2)22(17)28-3/h4,16,26H,5-13H2,1-3H3,(H,24,25)/b14-4+. The number of hydrogen-bond acceptors (Lipinski definition) is 6. The molecule has 0 saturated carbocycles. The number of phenolic OH excluding ortho intramolecular Hbond substituents is 1. The molecule has 2 N–H and O–H groups in total. The van der Waals surface area contributed by atoms with E-state index >= 15 is 0 Å². The van der Waals surface area contributed by atoms with Crippen LogP contribution in [0.5, 0.6) is 11.5 Å². The van der Waals surface area contributed by atoms with Crippen molar-refractivity contribution in [2.24, 2.45) is 5.92 Å². The Morgan fingerprint density at radius 1 is 1.30 bits per heavy atom. The van der Waals surface area contributed by atoms with E-state index in [1.54, 1.807) is 7.11 Å². The molecular weight excluding hydrogens is 386 g/mol. The number of rotatable bonds is 8. The molecular formula is C23H31NO6. The number of benzene rings is 1. The number of nitrogens with one attached hydrogen (secondary N) is 1. The second-order valence-corrected chi connectivity index (χ2v) is 8.03. The Balaban J connectivity index is 1.58. The van der Waals surface area contributed by atoms with Crippen molar-refractivity contribution in [1.29, 1.82) is 0 Å². The molecule has 7 nitrogen and oxygen atoms in total. The summed E-state index contributed by atoms with van der Waals surface area (Å²) in [4.78, 5) is 24.1. The predicted octanol–water partition coefficient (Wildman–Crippen LogP) is 3.19. The predicted molar refractivity (Wildman–Crippen MR) is 112 cm³/mol. The summed E-state index contributed by atoms with van der Waals surface area (Å²) in [6.45, 7) is 6.24. The maximum atomic E-state index is 12.1. The fourth-order valence-electron chi connectivity index (χ4n) is 4.01. The Morgan fingerprint density at radius 2 is 2.03 bits per heavy atom. The van der Waals surface area contributed by atoms with Gasteiger partial charge in [-0.05, 0) is 51.0 Å². The van der Waals surface area contributed by atoms with Crippen LogP contribution in [-0.4, -0.2) is 43.9 Å². The lowest BCUT2D eigenvalue weighted by molar-refractivity contribution is -0.121. The van der Waals surface area contributed by atoms with Gasteiger partial charge in [-0.25, -0.2) is 4.79 Å². The quantitative estimate of drug-likeness (QED) is 0.498. The highest BCUT2D eigenvalue weighted by molar-refractivity contribution is 5.98. The lowest BCUT2D eigenvalue weighted by Crippen LogP contribution is -2.32. The minimum Gasteiger partial charge on any atom is -0.507 e. The molecule has 0 spiro atoms. The summed E-state index contributed by atoms with van der Waals surface area (Å²) < 4.78 is 15.9. The SMILES string of the molecule is COc1c(C)c2c(c(O)c1C/C=C(\C)CCC(=O)NCC1CCOCC1)C(=O)OC2. The molecule has 0 bridgehead atoms. The van der Waals surface area contributed by atoms with Crippen molar-refractivity contribution < 1.29 is 28.9 Å². The van der Waals surface area contributed by atoms with Gasteiger partial charge in [-0.15, -0.1) is 0 Å². The van der Waals surface area contributed by atoms with Gasteiger partial charge in [0, 0.05) is 37.3 Å². The van der Waals surface area contributed by atoms with Crippen LogP contribution in [0, 0.1) is 12.8 Å². The van der Waals surface area contributed by atoms with Gasteiger partial charge < -0.3 is 24.6 Å². The van der Waals surface area contributed by atoms with Crippen LogP contribution >= 0.6 is 0 Å². The third-order valence-electron chi connectivity index (χ3n) is 5.98. The molecule has 1 saturated heterocycles. The number of ether oxygens (including phenoxy) is 3. The Morgan fingerprint density at radius 3 is 2.73 bits per heavy atom. The second kappa shape index (κ2) is 9.98. The number of carbonyl (C=O) groups excluding carboxylic acids is 2. The first-order valence-corrected chi connectivity index (χ1v) is 10.5. The van der Waals surface area contributed by atoms with E-state index in [9.17, 15) is 14.7 Å². The summed E-state index contributed by atoms with van der Waals surface area (Å²) in [5.41, 5.74) is 3.33. The topological polar surface area (TPSA) is 94.1 Å². The van der Waals surface area contributed by atoms with Crippen LogP contribution in [0.15, 0.2) is 11.6 Å². The number of carbonyl (C=O) groups is 2. The Kier molecular flexibility index (Phi) is 7.37. The Hall–Kier alpha value is -2.54. The van der Waals surface area contributed by atoms with Crippen molar-refractivity contribution in [2.75, 3.05) is 26.9 Å². The van der Waals surface area contributed by atoms with E-state index in [0.717, 1.165) is 37.2 Å². The summed E-state index contributed by atoms with van der Waals surface area (Å²) >= 11 is 0. The number of cyclic esters (lactones) is 1. The molecule has 3 rings (SSSR count). The van der Waals surface area contributed by atoms with Gasteiger partial charge in [0.15, 0.2) is 0 Å². The van der Waals surface area contributed by atoms with Crippen molar-refractivity contribution in [3.05, 3.63) is 33.9 Å². The van der Waals surface area contributed by atoms with Crippen molar-refractivity contribution in [2.45, 2.75) is 52.6 Å². The average Bonchev–Trinajstić information content (AvgIpc) is 3.15. The van der Waals surface area contributed by atoms with Crippen LogP contribution in [-0.2, 0) is 27.3 Å². The van der Waals surface area contributed by atoms with Gasteiger partial charge in [0.2, 0.25) is 5.91 Å². The maximum Gasteiger partial charge on any atom is 0.342 e. The molecule has 0 unspecified atom stereocenters. The zero-order valence-corrected chi connectivity index (χ0v) is 18.0. The lowest BCUT2D eigenvalue weighted by Gasteiger charge is -2.22. The van der Waals surface area contributed by atoms with E-state index in [2.05, 4.69) is 5.32 Å². The van der Waals surface area contributed by atoms with Gasteiger partial charge in [-0.2, -0.15) is 0 Å². The van der Waals surface area contributed by atoms with E-state index in [1.807, 2.05) is 19.9 Å². The van der Waals surface area contributed by atoms with E-state index in [1.165, 1.54) is 0 Å². The van der Waals surface area contributed by atoms with Gasteiger partial charge >= 0.3 is 5.97 Å². The number of allylic oxidation sites excluding steroid dienone is 2. The monoisotopic (exact) mass is 417 g/mol. The number of fused-ring (bicyclic) bond motifs is 1. The zero-order chi connectivity index (χ0) is 21.7. The van der Waals surface area contributed by atoms with Gasteiger partial charge in [0.25, 0.3) is 0 Å². The molecule has 0 aliphatic carbocycles. The minimum absolute atomic E-state index is 0.0470. The fraction of sp³-hybridized carbons (Fsp3) is 0.565. The van der Waals surface area contributed by atoms with Crippen LogP contribution in [0.25, 0.3) is 0 Å². The zero-order valence-electron chi connectivity index (χ0n) is 18.0. The molecule has 0 radical (unpaired) electrons. The number of phenols is 1. The summed E-state index contributed by atoms with van der Waals surface area (Å²) in [6, 6.07) is 0. The van der Waals surface area contributed by atoms with Crippen LogP contribution in [0.2, 0.25) is 0 Å². The first-order valence-electron chi connectivity index (χ1n) is 10.5. The third-order valence-corrected chi connectivity index (χ3v) is 5.98.